The third kappa shape index (κ3) is 7.08. The number of rotatable bonds is 10. The summed E-state index contributed by atoms with van der Waals surface area (Å²) >= 11 is 0. The standard InChI is InChI=1S/C63H50N2.C6H6/c1-3-5-7-9-26-47-40-45-23-12-16-30-54(45)63(47)56-32-18-17-31-55(56)62(46(25-8-6-4-2)39-44-22-11-15-29-53(44)62)57-37-36-49(42-58(57)63)65-60-34-19-14-28-51(60)52-41-48(35-38-61(52)65)64-59-33-20-24-43-21-10-13-27-50(43)59;1-2-4-6-5-3-1/h3-5,7,10-24,26-39,41-42,64H,1-2,6,8-9,25,40H2;1-6H/b7-5-,47-26+;. The van der Waals surface area contributed by atoms with E-state index in [9.17, 15) is 0 Å². The van der Waals surface area contributed by atoms with Crippen molar-refractivity contribution < 1.29 is 0 Å². The fourth-order valence-electron chi connectivity index (χ4n) is 12.5. The molecule has 2 unspecified atom stereocenters. The van der Waals surface area contributed by atoms with E-state index in [1.807, 2.05) is 42.5 Å². The first-order valence-corrected chi connectivity index (χ1v) is 25.2. The van der Waals surface area contributed by atoms with Crippen LogP contribution in [0.25, 0.3) is 44.3 Å². The number of nitrogens with one attached hydrogen (secondary N) is 1. The summed E-state index contributed by atoms with van der Waals surface area (Å²) in [7, 11) is 0. The average molecular weight is 913 g/mol. The number of hydrogen-bond donors (Lipinski definition) is 1. The third-order valence-electron chi connectivity index (χ3n) is 15.3. The van der Waals surface area contributed by atoms with Gasteiger partial charge in [-0.3, -0.25) is 0 Å². The maximum absolute atomic E-state index is 4.12. The normalized spacial score (nSPS) is 17.7. The molecular weight excluding hydrogens is 857 g/mol. The highest BCUT2D eigenvalue weighted by molar-refractivity contribution is 6.10. The van der Waals surface area contributed by atoms with Crippen LogP contribution < -0.4 is 5.32 Å². The van der Waals surface area contributed by atoms with E-state index < -0.39 is 10.8 Å². The van der Waals surface area contributed by atoms with E-state index >= 15 is 0 Å². The van der Waals surface area contributed by atoms with Gasteiger partial charge in [0.2, 0.25) is 0 Å². The number of nitrogens with zero attached hydrogens (tertiary/aromatic N) is 1. The van der Waals surface area contributed by atoms with Gasteiger partial charge in [-0.15, -0.1) is 6.58 Å². The van der Waals surface area contributed by atoms with Gasteiger partial charge in [0.05, 0.1) is 21.9 Å². The Balaban J connectivity index is 0.000000805. The summed E-state index contributed by atoms with van der Waals surface area (Å²) in [6, 6.07) is 78.2. The zero-order chi connectivity index (χ0) is 47.8. The first kappa shape index (κ1) is 43.8. The summed E-state index contributed by atoms with van der Waals surface area (Å²) in [4.78, 5) is 0. The lowest BCUT2D eigenvalue weighted by molar-refractivity contribution is 0.593. The van der Waals surface area contributed by atoms with Crippen LogP contribution in [0.2, 0.25) is 0 Å². The summed E-state index contributed by atoms with van der Waals surface area (Å²) < 4.78 is 2.51. The van der Waals surface area contributed by atoms with Gasteiger partial charge < -0.3 is 9.88 Å². The van der Waals surface area contributed by atoms with Gasteiger partial charge >= 0.3 is 0 Å². The molecule has 342 valence electrons. The Morgan fingerprint density at radius 2 is 1.20 bits per heavy atom. The highest BCUT2D eigenvalue weighted by Crippen LogP contribution is 2.65. The van der Waals surface area contributed by atoms with Crippen LogP contribution in [0.1, 0.15) is 70.2 Å². The number of hydrogen-bond acceptors (Lipinski definition) is 1. The van der Waals surface area contributed by atoms with Crippen molar-refractivity contribution in [2.75, 3.05) is 5.32 Å². The van der Waals surface area contributed by atoms with Crippen molar-refractivity contribution >= 4 is 50.0 Å². The summed E-state index contributed by atoms with van der Waals surface area (Å²) in [6.45, 7) is 8.11. The molecule has 3 aliphatic carbocycles. The quantitative estimate of drug-likeness (QED) is 0.0822. The van der Waals surface area contributed by atoms with E-state index in [2.05, 4.69) is 229 Å². The minimum Gasteiger partial charge on any atom is -0.355 e. The summed E-state index contributed by atoms with van der Waals surface area (Å²) in [5, 5.41) is 8.68. The molecule has 71 heavy (non-hydrogen) atoms. The second-order valence-electron chi connectivity index (χ2n) is 19.1. The molecule has 9 aromatic carbocycles. The number of benzene rings is 9. The molecule has 0 fully saturated rings. The molecule has 2 spiro atoms. The second-order valence-corrected chi connectivity index (χ2v) is 19.1. The molecule has 13 rings (SSSR count). The third-order valence-corrected chi connectivity index (χ3v) is 15.3. The monoisotopic (exact) mass is 912 g/mol. The Kier molecular flexibility index (Phi) is 11.4. The van der Waals surface area contributed by atoms with Gasteiger partial charge in [-0.05, 0) is 124 Å². The molecule has 10 aromatic rings. The van der Waals surface area contributed by atoms with Crippen LogP contribution in [0.15, 0.2) is 267 Å². The van der Waals surface area contributed by atoms with Crippen LogP contribution in [0, 0.1) is 0 Å². The molecule has 0 amide bonds. The van der Waals surface area contributed by atoms with Gasteiger partial charge in [0.15, 0.2) is 0 Å². The van der Waals surface area contributed by atoms with Crippen molar-refractivity contribution in [1.29, 1.82) is 0 Å². The van der Waals surface area contributed by atoms with E-state index in [4.69, 9.17) is 0 Å². The van der Waals surface area contributed by atoms with Gasteiger partial charge in [-0.2, -0.15) is 0 Å². The molecule has 0 aliphatic heterocycles. The van der Waals surface area contributed by atoms with Crippen molar-refractivity contribution in [2.24, 2.45) is 0 Å². The number of unbranched alkanes of at least 4 members (excludes halogenated alkanes) is 1. The Labute approximate surface area is 418 Å². The Bertz CT molecular complexity index is 3730. The summed E-state index contributed by atoms with van der Waals surface area (Å²) in [5.41, 5.74) is 18.6. The molecule has 2 atom stereocenters. The minimum absolute atomic E-state index is 0.456. The number of anilines is 2. The molecule has 3 aliphatic rings. The zero-order valence-corrected chi connectivity index (χ0v) is 40.1. The minimum atomic E-state index is -0.510. The molecular formula is C69H56N2. The maximum Gasteiger partial charge on any atom is 0.0676 e. The smallest absolute Gasteiger partial charge is 0.0676 e. The average Bonchev–Trinajstić information content (AvgIpc) is 4.06. The van der Waals surface area contributed by atoms with Gasteiger partial charge in [0.25, 0.3) is 0 Å². The van der Waals surface area contributed by atoms with E-state index in [1.54, 1.807) is 0 Å². The highest BCUT2D eigenvalue weighted by Gasteiger charge is 2.58. The lowest BCUT2D eigenvalue weighted by Crippen LogP contribution is -2.44. The Morgan fingerprint density at radius 3 is 2.00 bits per heavy atom. The van der Waals surface area contributed by atoms with Crippen LogP contribution in [-0.2, 0) is 17.3 Å². The van der Waals surface area contributed by atoms with Crippen LogP contribution in [-0.4, -0.2) is 4.57 Å². The molecule has 2 nitrogen and oxygen atoms in total. The highest BCUT2D eigenvalue weighted by atomic mass is 15.0. The largest absolute Gasteiger partial charge is 0.355 e. The van der Waals surface area contributed by atoms with E-state index in [-0.39, 0.29) is 0 Å². The predicted octanol–water partition coefficient (Wildman–Crippen LogP) is 17.7. The van der Waals surface area contributed by atoms with E-state index in [0.29, 0.717) is 0 Å². The van der Waals surface area contributed by atoms with Crippen molar-refractivity contribution in [2.45, 2.75) is 42.9 Å². The lowest BCUT2D eigenvalue weighted by atomic mass is 9.51. The number of allylic oxidation sites excluding steroid dienone is 7. The fourth-order valence-corrected chi connectivity index (χ4v) is 12.5. The number of para-hydroxylation sites is 1. The molecule has 2 heteroatoms. The van der Waals surface area contributed by atoms with Crippen molar-refractivity contribution in [3.05, 3.63) is 312 Å². The molecule has 1 heterocycles. The van der Waals surface area contributed by atoms with Crippen LogP contribution in [0.4, 0.5) is 11.4 Å². The van der Waals surface area contributed by atoms with Gasteiger partial charge in [-0.1, -0.05) is 224 Å². The molecule has 1 N–H and O–H groups in total. The van der Waals surface area contributed by atoms with E-state index in [0.717, 1.165) is 49.2 Å². The summed E-state index contributed by atoms with van der Waals surface area (Å²) in [6.07, 6.45) is 18.0. The summed E-state index contributed by atoms with van der Waals surface area (Å²) in [5.74, 6) is 0. The first-order valence-electron chi connectivity index (χ1n) is 25.2. The van der Waals surface area contributed by atoms with Crippen LogP contribution in [0.3, 0.4) is 0 Å². The molecule has 0 bridgehead atoms. The Morgan fingerprint density at radius 1 is 0.535 bits per heavy atom. The van der Waals surface area contributed by atoms with E-state index in [1.165, 1.54) is 88.2 Å². The lowest BCUT2D eigenvalue weighted by Gasteiger charge is -2.50. The molecule has 0 saturated heterocycles. The molecule has 0 saturated carbocycles. The first-order chi connectivity index (χ1) is 35.2. The topological polar surface area (TPSA) is 17.0 Å². The Hall–Kier alpha value is -8.46. The van der Waals surface area contributed by atoms with Crippen molar-refractivity contribution in [1.82, 2.24) is 4.57 Å². The predicted molar refractivity (Wildman–Crippen MR) is 301 cm³/mol. The van der Waals surface area contributed by atoms with Crippen LogP contribution in [0.5, 0.6) is 0 Å². The fraction of sp³-hybridized carbons (Fsp3) is 0.101. The van der Waals surface area contributed by atoms with Crippen molar-refractivity contribution in [3.63, 3.8) is 0 Å². The van der Waals surface area contributed by atoms with Crippen molar-refractivity contribution in [3.8, 4) is 5.69 Å². The zero-order valence-electron chi connectivity index (χ0n) is 40.1. The SMILES string of the molecule is C=C/C=C\C/C=C1\Cc2ccccc2C12c1ccccc1C1(C(CCCC=C)=Cc3ccccc31)c1ccc(-n3c4ccccc4c4cc(Nc5cccc6ccccc56)ccc43)cc12.c1ccccc1. The van der Waals surface area contributed by atoms with Crippen LogP contribution >= 0.6 is 0 Å². The second kappa shape index (κ2) is 18.5. The van der Waals surface area contributed by atoms with Gasteiger partial charge in [-0.25, -0.2) is 0 Å². The number of aromatic nitrogens is 1. The molecule has 1 aromatic heterocycles. The molecule has 0 radical (unpaired) electrons. The number of fused-ring (bicyclic) bond motifs is 14. The van der Waals surface area contributed by atoms with Gasteiger partial charge in [0.1, 0.15) is 0 Å². The maximum atomic E-state index is 4.12. The van der Waals surface area contributed by atoms with Gasteiger partial charge in [0, 0.05) is 33.2 Å².